The minimum Gasteiger partial charge on any atom is -0.359 e. The molecule has 3 rings (SSSR count). The van der Waals surface area contributed by atoms with Crippen LogP contribution in [0.3, 0.4) is 0 Å². The van der Waals surface area contributed by atoms with Crippen molar-refractivity contribution in [1.82, 2.24) is 5.16 Å². The molecule has 112 valence electrons. The fraction of sp³-hybridized carbons (Fsp3) is 0. The Morgan fingerprint density at radius 2 is 2.00 bits per heavy atom. The lowest BCUT2D eigenvalue weighted by molar-refractivity contribution is -0.803. The molecule has 0 bridgehead atoms. The lowest BCUT2D eigenvalue weighted by Crippen LogP contribution is -2.32. The van der Waals surface area contributed by atoms with Crippen LogP contribution in [0.25, 0.3) is 0 Å². The molecule has 0 unspecified atom stereocenters. The van der Waals surface area contributed by atoms with Gasteiger partial charge in [0, 0.05) is 9.85 Å². The van der Waals surface area contributed by atoms with E-state index in [9.17, 15) is 14.8 Å². The minimum atomic E-state index is -0.606. The van der Waals surface area contributed by atoms with E-state index < -0.39 is 17.3 Å². The second kappa shape index (κ2) is 6.03. The molecule has 0 aliphatic carbocycles. The van der Waals surface area contributed by atoms with E-state index in [0.717, 1.165) is 15.1 Å². The van der Waals surface area contributed by atoms with Crippen molar-refractivity contribution in [3.8, 4) is 0 Å². The Bertz CT molecular complexity index is 883. The van der Waals surface area contributed by atoms with Gasteiger partial charge in [-0.05, 0) is 55.0 Å². The van der Waals surface area contributed by atoms with E-state index in [-0.39, 0.29) is 10.6 Å². The molecule has 0 saturated carbocycles. The summed E-state index contributed by atoms with van der Waals surface area (Å²) in [6, 6.07) is 4.84. The Hall–Kier alpha value is -1.36. The lowest BCUT2D eigenvalue weighted by Gasteiger charge is -1.95. The number of thiophene rings is 2. The number of carbonyl (C=O) groups excluding carboxylic acids is 2. The first-order chi connectivity index (χ1) is 10.5. The Morgan fingerprint density at radius 1 is 1.23 bits per heavy atom. The molecule has 0 atom stereocenters. The van der Waals surface area contributed by atoms with Crippen LogP contribution in [-0.2, 0) is 0 Å². The highest BCUT2D eigenvalue weighted by Crippen LogP contribution is 2.26. The molecule has 22 heavy (non-hydrogen) atoms. The second-order valence-electron chi connectivity index (χ2n) is 4.02. The molecule has 0 spiro atoms. The van der Waals surface area contributed by atoms with Gasteiger partial charge in [0.2, 0.25) is 0 Å². The molecule has 0 amide bonds. The van der Waals surface area contributed by atoms with E-state index in [1.54, 1.807) is 23.6 Å². The average molecular weight is 464 g/mol. The molecule has 0 aliphatic heterocycles. The van der Waals surface area contributed by atoms with E-state index in [4.69, 9.17) is 0 Å². The Morgan fingerprint density at radius 3 is 2.59 bits per heavy atom. The molecule has 3 heterocycles. The van der Waals surface area contributed by atoms with Gasteiger partial charge in [-0.15, -0.1) is 22.7 Å². The number of halogens is 2. The van der Waals surface area contributed by atoms with E-state index >= 15 is 0 Å². The number of nitrogens with zero attached hydrogens (tertiary/aromatic N) is 2. The fourth-order valence-corrected chi connectivity index (χ4v) is 4.38. The Balaban J connectivity index is 2.04. The van der Waals surface area contributed by atoms with E-state index in [1.165, 1.54) is 11.3 Å². The molecular weight excluding hydrogens is 460 g/mol. The molecule has 0 aliphatic rings. The number of hydrogen-bond acceptors (Lipinski definition) is 7. The van der Waals surface area contributed by atoms with Gasteiger partial charge in [-0.2, -0.15) is 0 Å². The first-order valence-corrected chi connectivity index (χ1v) is 8.94. The summed E-state index contributed by atoms with van der Waals surface area (Å²) in [7, 11) is 0. The number of hydrogen-bond donors (Lipinski definition) is 0. The second-order valence-corrected chi connectivity index (χ2v) is 8.31. The molecule has 10 heteroatoms. The molecule has 3 aromatic heterocycles. The standard InChI is InChI=1S/C12H4Br2N2O4S2/c13-5-3-7(21-4-5)12(18)10-9(15-20-16(10)19)11(17)6-1-2-8(14)22-6/h1-4H. The molecule has 6 nitrogen and oxygen atoms in total. The van der Waals surface area contributed by atoms with E-state index in [1.807, 2.05) is 0 Å². The van der Waals surface area contributed by atoms with Crippen LogP contribution in [0, 0.1) is 5.21 Å². The van der Waals surface area contributed by atoms with Crippen molar-refractivity contribution in [3.63, 3.8) is 0 Å². The summed E-state index contributed by atoms with van der Waals surface area (Å²) in [5, 5.41) is 16.9. The molecular formula is C12H4Br2N2O4S2. The quantitative estimate of drug-likeness (QED) is 0.437. The normalized spacial score (nSPS) is 10.8. The van der Waals surface area contributed by atoms with Gasteiger partial charge < -0.3 is 5.21 Å². The predicted octanol–water partition coefficient (Wildman–Crippen LogP) is 3.42. The smallest absolute Gasteiger partial charge is 0.301 e. The van der Waals surface area contributed by atoms with Crippen molar-refractivity contribution < 1.29 is 19.1 Å². The summed E-state index contributed by atoms with van der Waals surface area (Å²) < 4.78 is 5.92. The number of rotatable bonds is 4. The van der Waals surface area contributed by atoms with Crippen LogP contribution < -0.4 is 4.90 Å². The van der Waals surface area contributed by atoms with Crippen LogP contribution in [0.5, 0.6) is 0 Å². The fourth-order valence-electron chi connectivity index (χ4n) is 1.69. The number of aromatic nitrogens is 2. The summed E-state index contributed by atoms with van der Waals surface area (Å²) in [4.78, 5) is 25.4. The molecule has 0 aromatic carbocycles. The monoisotopic (exact) mass is 462 g/mol. The predicted molar refractivity (Wildman–Crippen MR) is 86.4 cm³/mol. The zero-order valence-corrected chi connectivity index (χ0v) is 15.2. The third-order valence-electron chi connectivity index (χ3n) is 2.63. The first-order valence-electron chi connectivity index (χ1n) is 5.66. The summed E-state index contributed by atoms with van der Waals surface area (Å²) in [6.07, 6.45) is 0. The van der Waals surface area contributed by atoms with Gasteiger partial charge in [0.05, 0.1) is 18.7 Å². The van der Waals surface area contributed by atoms with Gasteiger partial charge in [0.1, 0.15) is 0 Å². The molecule has 3 aromatic rings. The highest BCUT2D eigenvalue weighted by atomic mass is 79.9. The van der Waals surface area contributed by atoms with Gasteiger partial charge in [0.15, 0.2) is 0 Å². The Labute approximate surface area is 148 Å². The summed E-state index contributed by atoms with van der Waals surface area (Å²) in [5.74, 6) is -1.14. The maximum absolute atomic E-state index is 12.4. The number of ketones is 2. The average Bonchev–Trinajstić information content (AvgIpc) is 3.18. The van der Waals surface area contributed by atoms with Crippen LogP contribution >= 0.6 is 54.5 Å². The van der Waals surface area contributed by atoms with Crippen LogP contribution in [0.1, 0.15) is 30.7 Å². The van der Waals surface area contributed by atoms with Crippen molar-refractivity contribution in [2.45, 2.75) is 0 Å². The minimum absolute atomic E-state index is 0.0359. The van der Waals surface area contributed by atoms with Crippen molar-refractivity contribution in [2.75, 3.05) is 0 Å². The lowest BCUT2D eigenvalue weighted by atomic mass is 10.1. The van der Waals surface area contributed by atoms with Crippen LogP contribution in [0.4, 0.5) is 0 Å². The van der Waals surface area contributed by atoms with Crippen LogP contribution in [0.2, 0.25) is 0 Å². The first kappa shape index (κ1) is 15.5. The Kier molecular flexibility index (Phi) is 4.26. The van der Waals surface area contributed by atoms with Gasteiger partial charge in [-0.25, -0.2) is 0 Å². The van der Waals surface area contributed by atoms with Crippen LogP contribution in [0.15, 0.2) is 36.5 Å². The summed E-state index contributed by atoms with van der Waals surface area (Å²) >= 11 is 8.81. The summed E-state index contributed by atoms with van der Waals surface area (Å²) in [6.45, 7) is 0. The largest absolute Gasteiger partial charge is 0.359 e. The molecule has 0 radical (unpaired) electrons. The van der Waals surface area contributed by atoms with Gasteiger partial charge in [0.25, 0.3) is 17.3 Å². The SMILES string of the molecule is O=C(c1ccc(Br)s1)c1no[n+]([O-])c1C(=O)c1cc(Br)cs1. The van der Waals surface area contributed by atoms with Gasteiger partial charge >= 0.3 is 5.69 Å². The van der Waals surface area contributed by atoms with Crippen molar-refractivity contribution in [3.05, 3.63) is 58.2 Å². The number of carbonyl (C=O) groups is 2. The zero-order chi connectivity index (χ0) is 15.9. The maximum atomic E-state index is 12.4. The zero-order valence-electron chi connectivity index (χ0n) is 10.4. The van der Waals surface area contributed by atoms with Crippen molar-refractivity contribution >= 4 is 66.1 Å². The van der Waals surface area contributed by atoms with E-state index in [0.29, 0.717) is 14.2 Å². The third-order valence-corrected chi connectivity index (χ3v) is 5.94. The topological polar surface area (TPSA) is 87.1 Å². The molecule has 0 N–H and O–H groups in total. The highest BCUT2D eigenvalue weighted by Gasteiger charge is 2.34. The van der Waals surface area contributed by atoms with Gasteiger partial charge in [-0.1, -0.05) is 0 Å². The highest BCUT2D eigenvalue weighted by molar-refractivity contribution is 9.11. The molecule has 0 fully saturated rings. The van der Waals surface area contributed by atoms with Crippen molar-refractivity contribution in [1.29, 1.82) is 0 Å². The van der Waals surface area contributed by atoms with E-state index in [2.05, 4.69) is 41.6 Å². The van der Waals surface area contributed by atoms with Crippen molar-refractivity contribution in [2.24, 2.45) is 0 Å². The third kappa shape index (κ3) is 2.78. The molecule has 0 saturated heterocycles. The maximum Gasteiger partial charge on any atom is 0.301 e. The van der Waals surface area contributed by atoms with Crippen LogP contribution in [-0.4, -0.2) is 16.7 Å². The summed E-state index contributed by atoms with van der Waals surface area (Å²) in [5.41, 5.74) is -0.706. The van der Waals surface area contributed by atoms with Gasteiger partial charge in [-0.3, -0.25) is 14.2 Å².